The van der Waals surface area contributed by atoms with Gasteiger partial charge in [-0.2, -0.15) is 0 Å². The molecule has 11 aromatic rings. The molecule has 6 heteroatoms. The van der Waals surface area contributed by atoms with E-state index in [0.717, 1.165) is 34.0 Å². The lowest BCUT2D eigenvalue weighted by Crippen LogP contribution is -2.35. The third-order valence-corrected chi connectivity index (χ3v) is 17.3. The number of aromatic nitrogens is 1. The number of anilines is 5. The van der Waals surface area contributed by atoms with Crippen LogP contribution in [0.15, 0.2) is 158 Å². The van der Waals surface area contributed by atoms with Crippen LogP contribution in [0.4, 0.5) is 28.4 Å². The van der Waals surface area contributed by atoms with Crippen LogP contribution in [0.25, 0.3) is 68.9 Å². The van der Waals surface area contributed by atoms with E-state index in [2.05, 4.69) is 263 Å². The number of fused-ring (bicyclic) bond motifs is 10. The van der Waals surface area contributed by atoms with Crippen LogP contribution in [-0.2, 0) is 21.7 Å². The number of nitrogens with zero attached hydrogens (tertiary/aromatic N) is 2. The molecule has 1 N–H and O–H groups in total. The fraction of sp³-hybridized carbons (Fsp3) is 0.242. The second-order valence-corrected chi connectivity index (χ2v) is 26.4. The van der Waals surface area contributed by atoms with Crippen molar-refractivity contribution in [2.24, 2.45) is 0 Å². The van der Waals surface area contributed by atoms with Crippen LogP contribution in [0, 0.1) is 0 Å². The highest BCUT2D eigenvalue weighted by atomic mass is 32.1. The van der Waals surface area contributed by atoms with Gasteiger partial charge in [-0.3, -0.25) is 0 Å². The topological polar surface area (TPSA) is 20.2 Å². The minimum atomic E-state index is 0.0148. The van der Waals surface area contributed by atoms with Crippen molar-refractivity contribution in [3.63, 3.8) is 0 Å². The van der Waals surface area contributed by atoms with Crippen molar-refractivity contribution in [3.05, 3.63) is 180 Å². The van der Waals surface area contributed by atoms with E-state index in [1.54, 1.807) is 0 Å². The Bertz CT molecular complexity index is 3880. The average molecular weight is 973 g/mol. The Labute approximate surface area is 434 Å². The van der Waals surface area contributed by atoms with Crippen LogP contribution in [-0.4, -0.2) is 11.8 Å². The van der Waals surface area contributed by atoms with Gasteiger partial charge in [-0.05, 0) is 145 Å². The molecule has 0 atom stereocenters. The Morgan fingerprint density at radius 1 is 0.431 bits per heavy atom. The Hall–Kier alpha value is -6.60. The Morgan fingerprint density at radius 2 is 1.00 bits per heavy atom. The van der Waals surface area contributed by atoms with Crippen molar-refractivity contribution in [2.45, 2.75) is 105 Å². The van der Waals surface area contributed by atoms with E-state index in [-0.39, 0.29) is 21.7 Å². The smallest absolute Gasteiger partial charge is 0.211 e. The lowest BCUT2D eigenvalue weighted by atomic mass is 9.63. The predicted octanol–water partition coefficient (Wildman–Crippen LogP) is 18.4. The van der Waals surface area contributed by atoms with Gasteiger partial charge < -0.3 is 14.8 Å². The van der Waals surface area contributed by atoms with Crippen LogP contribution in [0.5, 0.6) is 0 Å². The molecule has 3 nitrogen and oxygen atoms in total. The maximum atomic E-state index is 3.96. The molecule has 0 aliphatic carbocycles. The van der Waals surface area contributed by atoms with Crippen LogP contribution in [0.2, 0.25) is 0 Å². The third-order valence-electron chi connectivity index (χ3n) is 15.1. The van der Waals surface area contributed by atoms with Crippen molar-refractivity contribution in [1.29, 1.82) is 0 Å². The lowest BCUT2D eigenvalue weighted by molar-refractivity contribution is 0.590. The molecule has 0 saturated heterocycles. The summed E-state index contributed by atoms with van der Waals surface area (Å²) in [6.45, 7) is 27.5. The highest BCUT2D eigenvalue weighted by Crippen LogP contribution is 2.46. The molecule has 1 aliphatic heterocycles. The van der Waals surface area contributed by atoms with Crippen LogP contribution < -0.4 is 20.5 Å². The zero-order chi connectivity index (χ0) is 50.2. The molecular formula is C66H63BN3S2. The zero-order valence-corrected chi connectivity index (χ0v) is 45.4. The molecule has 0 spiro atoms. The van der Waals surface area contributed by atoms with Crippen molar-refractivity contribution < 1.29 is 0 Å². The summed E-state index contributed by atoms with van der Waals surface area (Å²) < 4.78 is 7.88. The van der Waals surface area contributed by atoms with Gasteiger partial charge in [0.05, 0.1) is 11.2 Å². The molecule has 357 valence electrons. The molecule has 4 heterocycles. The number of benzene rings is 8. The van der Waals surface area contributed by atoms with Gasteiger partial charge in [0.15, 0.2) is 0 Å². The van der Waals surface area contributed by atoms with Crippen molar-refractivity contribution in [3.8, 4) is 16.8 Å². The van der Waals surface area contributed by atoms with Crippen LogP contribution in [0.1, 0.15) is 105 Å². The molecule has 72 heavy (non-hydrogen) atoms. The summed E-state index contributed by atoms with van der Waals surface area (Å²) in [5, 5.41) is 10.5. The lowest BCUT2D eigenvalue weighted by Gasteiger charge is -2.29. The minimum absolute atomic E-state index is 0.0148. The normalized spacial score (nSPS) is 13.1. The summed E-state index contributed by atoms with van der Waals surface area (Å²) >= 11 is 3.81. The first-order chi connectivity index (χ1) is 34.2. The Kier molecular flexibility index (Phi) is 10.6. The summed E-state index contributed by atoms with van der Waals surface area (Å²) in [5.41, 5.74) is 18.3. The van der Waals surface area contributed by atoms with Gasteiger partial charge in [-0.1, -0.05) is 156 Å². The van der Waals surface area contributed by atoms with Crippen LogP contribution >= 0.6 is 22.7 Å². The predicted molar refractivity (Wildman–Crippen MR) is 319 cm³/mol. The highest BCUT2D eigenvalue weighted by Gasteiger charge is 2.31. The molecule has 0 unspecified atom stereocenters. The zero-order valence-electron chi connectivity index (χ0n) is 43.8. The summed E-state index contributed by atoms with van der Waals surface area (Å²) in [4.78, 5) is 2.43. The van der Waals surface area contributed by atoms with Gasteiger partial charge in [0, 0.05) is 80.5 Å². The fourth-order valence-corrected chi connectivity index (χ4v) is 13.1. The Morgan fingerprint density at radius 3 is 1.62 bits per heavy atom. The first kappa shape index (κ1) is 46.5. The summed E-state index contributed by atoms with van der Waals surface area (Å²) in [5.74, 6) is 0. The molecule has 3 aromatic heterocycles. The van der Waals surface area contributed by atoms with Gasteiger partial charge in [-0.15, -0.1) is 22.7 Å². The maximum Gasteiger partial charge on any atom is 0.211 e. The van der Waals surface area contributed by atoms with Gasteiger partial charge in [0.1, 0.15) is 0 Å². The van der Waals surface area contributed by atoms with E-state index >= 15 is 0 Å². The minimum Gasteiger partial charge on any atom is -0.355 e. The molecule has 8 aromatic carbocycles. The summed E-state index contributed by atoms with van der Waals surface area (Å²) in [6, 6.07) is 60.2. The molecule has 1 radical (unpaired) electrons. The number of hydrogen-bond acceptors (Lipinski definition) is 4. The molecule has 0 fully saturated rings. The number of nitrogens with one attached hydrogen (secondary N) is 1. The van der Waals surface area contributed by atoms with E-state index < -0.39 is 0 Å². The standard InChI is InChI=1S/C66H63BN3S2/c1-63(2,3)39-17-24-43(25-18-39)68-54-33-30-46(69(44-26-19-40(20-27-44)64(4,5)6)45-28-21-41(22-29-45)65(7,8)9)36-50(54)48-31-32-49-51-38-58-52(47-15-13-14-16-56(47)71-58)37-55(51)70-60(49)59(48)67-62-61(70)53-35-42(66(10,11)12)23-34-57(53)72-62/h13-38,68H,1-12H3. The molecular weight excluding hydrogens is 910 g/mol. The molecule has 1 aliphatic rings. The second kappa shape index (κ2) is 16.5. The van der Waals surface area contributed by atoms with Gasteiger partial charge >= 0.3 is 0 Å². The van der Waals surface area contributed by atoms with E-state index in [9.17, 15) is 0 Å². The van der Waals surface area contributed by atoms with Crippen molar-refractivity contribution >= 4 is 121 Å². The van der Waals surface area contributed by atoms with Gasteiger partial charge in [0.2, 0.25) is 7.28 Å². The van der Waals surface area contributed by atoms with Gasteiger partial charge in [-0.25, -0.2) is 0 Å². The summed E-state index contributed by atoms with van der Waals surface area (Å²) in [6.07, 6.45) is 0. The average Bonchev–Trinajstić information content (AvgIpc) is 4.00. The first-order valence-electron chi connectivity index (χ1n) is 25.6. The highest BCUT2D eigenvalue weighted by molar-refractivity contribution is 7.29. The van der Waals surface area contributed by atoms with Crippen LogP contribution in [0.3, 0.4) is 0 Å². The van der Waals surface area contributed by atoms with E-state index in [0.29, 0.717) is 0 Å². The number of hydrogen-bond donors (Lipinski definition) is 1. The second-order valence-electron chi connectivity index (χ2n) is 24.3. The molecule has 12 rings (SSSR count). The maximum absolute atomic E-state index is 3.96. The SMILES string of the molecule is CC(C)(C)c1ccc(Nc2ccc(N(c3ccc(C(C)(C)C)cc3)c3ccc(C(C)(C)C)cc3)cc2-c2ccc3c4cc5sc6ccccc6c5cc4n4c3c2[B]c2sc3ccc(C(C)(C)C)cc3c2-4)cc1. The molecule has 0 amide bonds. The monoisotopic (exact) mass is 972 g/mol. The van der Waals surface area contributed by atoms with E-state index in [4.69, 9.17) is 0 Å². The first-order valence-corrected chi connectivity index (χ1v) is 27.2. The van der Waals surface area contributed by atoms with Gasteiger partial charge in [0.25, 0.3) is 0 Å². The number of thiophene rings is 2. The van der Waals surface area contributed by atoms with E-state index in [1.165, 1.54) is 95.8 Å². The molecule has 0 saturated carbocycles. The summed E-state index contributed by atoms with van der Waals surface area (Å²) in [7, 11) is 2.51. The molecule has 0 bridgehead atoms. The van der Waals surface area contributed by atoms with Crippen molar-refractivity contribution in [1.82, 2.24) is 4.57 Å². The Balaban J connectivity index is 1.13. The number of rotatable bonds is 6. The third kappa shape index (κ3) is 7.85. The fourth-order valence-electron chi connectivity index (χ4n) is 10.9. The van der Waals surface area contributed by atoms with E-state index in [1.807, 2.05) is 22.7 Å². The quantitative estimate of drug-likeness (QED) is 0.168. The van der Waals surface area contributed by atoms with Crippen molar-refractivity contribution in [2.75, 3.05) is 10.2 Å². The largest absolute Gasteiger partial charge is 0.355 e.